The molecule has 1 N–H and O–H groups in total. The first-order valence-electron chi connectivity index (χ1n) is 6.25. The second kappa shape index (κ2) is 7.03. The third kappa shape index (κ3) is 4.16. The zero-order valence-corrected chi connectivity index (χ0v) is 12.6. The number of hydrogen-bond donors (Lipinski definition) is 1. The molecule has 1 heterocycles. The molecule has 21 heavy (non-hydrogen) atoms. The van der Waals surface area contributed by atoms with Gasteiger partial charge >= 0.3 is 5.88 Å². The Balaban J connectivity index is 2.00. The van der Waals surface area contributed by atoms with Gasteiger partial charge in [0.05, 0.1) is 6.07 Å². The predicted molar refractivity (Wildman–Crippen MR) is 80.6 cm³/mol. The average Bonchev–Trinajstić information content (AvgIpc) is 2.97. The van der Waals surface area contributed by atoms with Crippen LogP contribution in [-0.4, -0.2) is 22.2 Å². The number of carbonyl (C=O) groups excluding carboxylic acids is 1. The highest BCUT2D eigenvalue weighted by Crippen LogP contribution is 2.16. The van der Waals surface area contributed by atoms with E-state index >= 15 is 0 Å². The number of alkyl halides is 1. The SMILES string of the molecule is O=C(NC(CBr)Cc1ccccc1)c1ccc([N+](=O)[O-])o1. The molecule has 6 nitrogen and oxygen atoms in total. The molecule has 1 unspecified atom stereocenters. The number of carbonyl (C=O) groups is 1. The number of halogens is 1. The van der Waals surface area contributed by atoms with Crippen LogP contribution in [0.2, 0.25) is 0 Å². The number of hydrogen-bond acceptors (Lipinski definition) is 4. The molecule has 0 radical (unpaired) electrons. The Morgan fingerprint density at radius 1 is 1.29 bits per heavy atom. The molecule has 7 heteroatoms. The van der Waals surface area contributed by atoms with Crippen LogP contribution in [0, 0.1) is 10.1 Å². The van der Waals surface area contributed by atoms with Crippen LogP contribution in [0.4, 0.5) is 5.88 Å². The maximum Gasteiger partial charge on any atom is 0.433 e. The van der Waals surface area contributed by atoms with E-state index < -0.39 is 16.7 Å². The number of furan rings is 1. The van der Waals surface area contributed by atoms with Crippen molar-refractivity contribution in [2.24, 2.45) is 0 Å². The first-order valence-corrected chi connectivity index (χ1v) is 7.37. The van der Waals surface area contributed by atoms with Crippen LogP contribution in [0.5, 0.6) is 0 Å². The normalized spacial score (nSPS) is 11.9. The lowest BCUT2D eigenvalue weighted by Gasteiger charge is -2.15. The highest BCUT2D eigenvalue weighted by molar-refractivity contribution is 9.09. The molecule has 2 rings (SSSR count). The molecule has 2 aromatic rings. The maximum absolute atomic E-state index is 12.0. The summed E-state index contributed by atoms with van der Waals surface area (Å²) in [4.78, 5) is 21.8. The second-order valence-electron chi connectivity index (χ2n) is 4.41. The monoisotopic (exact) mass is 352 g/mol. The molecule has 0 bridgehead atoms. The fourth-order valence-corrected chi connectivity index (χ4v) is 2.24. The Bertz CT molecular complexity index is 627. The summed E-state index contributed by atoms with van der Waals surface area (Å²) in [6.07, 6.45) is 0.653. The molecule has 1 atom stereocenters. The van der Waals surface area contributed by atoms with E-state index in [1.165, 1.54) is 6.07 Å². The van der Waals surface area contributed by atoms with E-state index in [4.69, 9.17) is 4.42 Å². The van der Waals surface area contributed by atoms with E-state index in [0.29, 0.717) is 11.8 Å². The van der Waals surface area contributed by atoms with Crippen molar-refractivity contribution in [2.45, 2.75) is 12.5 Å². The number of rotatable bonds is 6. The number of nitro groups is 1. The summed E-state index contributed by atoms with van der Waals surface area (Å²) in [6, 6.07) is 12.0. The third-order valence-electron chi connectivity index (χ3n) is 2.84. The summed E-state index contributed by atoms with van der Waals surface area (Å²) in [5.41, 5.74) is 1.09. The lowest BCUT2D eigenvalue weighted by Crippen LogP contribution is -2.37. The summed E-state index contributed by atoms with van der Waals surface area (Å²) >= 11 is 3.35. The van der Waals surface area contributed by atoms with Crippen molar-refractivity contribution in [3.05, 3.63) is 63.9 Å². The molecular formula is C14H13BrN2O4. The number of nitrogens with one attached hydrogen (secondary N) is 1. The Hall–Kier alpha value is -2.15. The van der Waals surface area contributed by atoms with Crippen molar-refractivity contribution in [3.63, 3.8) is 0 Å². The Kier molecular flexibility index (Phi) is 5.10. The maximum atomic E-state index is 12.0. The summed E-state index contributed by atoms with van der Waals surface area (Å²) in [7, 11) is 0. The highest BCUT2D eigenvalue weighted by atomic mass is 79.9. The number of nitrogens with zero attached hydrogens (tertiary/aromatic N) is 1. The van der Waals surface area contributed by atoms with Crippen LogP contribution in [0.25, 0.3) is 0 Å². The largest absolute Gasteiger partial charge is 0.433 e. The van der Waals surface area contributed by atoms with Gasteiger partial charge in [-0.05, 0) is 18.1 Å². The van der Waals surface area contributed by atoms with E-state index in [2.05, 4.69) is 21.2 Å². The van der Waals surface area contributed by atoms with Gasteiger partial charge < -0.3 is 9.73 Å². The first-order chi connectivity index (χ1) is 10.1. The zero-order valence-electron chi connectivity index (χ0n) is 11.0. The molecule has 0 aliphatic rings. The van der Waals surface area contributed by atoms with Gasteiger partial charge in [0, 0.05) is 11.4 Å². The summed E-state index contributed by atoms with van der Waals surface area (Å²) < 4.78 is 4.88. The molecule has 0 saturated heterocycles. The topological polar surface area (TPSA) is 85.4 Å². The van der Waals surface area contributed by atoms with E-state index in [-0.39, 0.29) is 11.8 Å². The van der Waals surface area contributed by atoms with Crippen LogP contribution < -0.4 is 5.32 Å². The van der Waals surface area contributed by atoms with Gasteiger partial charge in [0.15, 0.2) is 5.76 Å². The predicted octanol–water partition coefficient (Wildman–Crippen LogP) is 2.92. The van der Waals surface area contributed by atoms with Gasteiger partial charge in [-0.3, -0.25) is 14.9 Å². The van der Waals surface area contributed by atoms with Crippen LogP contribution in [0.3, 0.4) is 0 Å². The number of benzene rings is 1. The minimum atomic E-state index is -0.678. The minimum Gasteiger partial charge on any atom is -0.395 e. The summed E-state index contributed by atoms with van der Waals surface area (Å²) in [5.74, 6) is -0.984. The van der Waals surface area contributed by atoms with Gasteiger partial charge in [0.1, 0.15) is 4.92 Å². The van der Waals surface area contributed by atoms with E-state index in [1.54, 1.807) is 0 Å². The molecule has 0 aliphatic carbocycles. The van der Waals surface area contributed by atoms with Crippen molar-refractivity contribution < 1.29 is 14.1 Å². The Labute approximate surface area is 129 Å². The van der Waals surface area contributed by atoms with E-state index in [0.717, 1.165) is 11.6 Å². The van der Waals surface area contributed by atoms with Crippen molar-refractivity contribution in [1.82, 2.24) is 5.32 Å². The molecule has 0 spiro atoms. The van der Waals surface area contributed by atoms with Crippen LogP contribution in [0.1, 0.15) is 16.1 Å². The fourth-order valence-electron chi connectivity index (χ4n) is 1.85. The van der Waals surface area contributed by atoms with Crippen molar-refractivity contribution >= 4 is 27.7 Å². The fraction of sp³-hybridized carbons (Fsp3) is 0.214. The lowest BCUT2D eigenvalue weighted by molar-refractivity contribution is -0.402. The zero-order chi connectivity index (χ0) is 15.2. The molecule has 0 aliphatic heterocycles. The molecular weight excluding hydrogens is 340 g/mol. The van der Waals surface area contributed by atoms with Crippen molar-refractivity contribution in [1.29, 1.82) is 0 Å². The van der Waals surface area contributed by atoms with Crippen molar-refractivity contribution in [3.8, 4) is 0 Å². The standard InChI is InChI=1S/C14H13BrN2O4/c15-9-11(8-10-4-2-1-3-5-10)16-14(18)12-6-7-13(21-12)17(19)20/h1-7,11H,8-9H2,(H,16,18). The average molecular weight is 353 g/mol. The highest BCUT2D eigenvalue weighted by Gasteiger charge is 2.19. The van der Waals surface area contributed by atoms with Gasteiger partial charge in [0.2, 0.25) is 0 Å². The lowest BCUT2D eigenvalue weighted by atomic mass is 10.1. The molecule has 1 amide bonds. The Morgan fingerprint density at radius 3 is 2.57 bits per heavy atom. The third-order valence-corrected chi connectivity index (χ3v) is 3.62. The summed E-state index contributed by atoms with van der Waals surface area (Å²) in [6.45, 7) is 0. The summed E-state index contributed by atoms with van der Waals surface area (Å²) in [5, 5.41) is 13.9. The first kappa shape index (κ1) is 15.2. The van der Waals surface area contributed by atoms with E-state index in [1.807, 2.05) is 30.3 Å². The second-order valence-corrected chi connectivity index (χ2v) is 5.06. The van der Waals surface area contributed by atoms with Gasteiger partial charge in [0.25, 0.3) is 5.91 Å². The van der Waals surface area contributed by atoms with Gasteiger partial charge in [-0.25, -0.2) is 0 Å². The molecule has 0 fully saturated rings. The molecule has 0 saturated carbocycles. The van der Waals surface area contributed by atoms with Crippen molar-refractivity contribution in [2.75, 3.05) is 5.33 Å². The molecule has 1 aromatic heterocycles. The molecule has 110 valence electrons. The van der Waals surface area contributed by atoms with E-state index in [9.17, 15) is 14.9 Å². The van der Waals surface area contributed by atoms with Gasteiger partial charge in [-0.1, -0.05) is 46.3 Å². The van der Waals surface area contributed by atoms with Crippen LogP contribution >= 0.6 is 15.9 Å². The van der Waals surface area contributed by atoms with Crippen LogP contribution in [0.15, 0.2) is 46.9 Å². The smallest absolute Gasteiger partial charge is 0.395 e. The quantitative estimate of drug-likeness (QED) is 0.492. The van der Waals surface area contributed by atoms with Gasteiger partial charge in [-0.15, -0.1) is 0 Å². The molecule has 1 aromatic carbocycles. The minimum absolute atomic E-state index is 0.0688. The van der Waals surface area contributed by atoms with Gasteiger partial charge in [-0.2, -0.15) is 0 Å². The Morgan fingerprint density at radius 2 is 2.00 bits per heavy atom. The van der Waals surface area contributed by atoms with Crippen LogP contribution in [-0.2, 0) is 6.42 Å². The number of amides is 1.